The molecule has 0 radical (unpaired) electrons. The summed E-state index contributed by atoms with van der Waals surface area (Å²) in [5.41, 5.74) is 3.30. The summed E-state index contributed by atoms with van der Waals surface area (Å²) in [7, 11) is 0. The number of fused-ring (bicyclic) bond motifs is 1. The van der Waals surface area contributed by atoms with Gasteiger partial charge in [-0.1, -0.05) is 25.4 Å². The summed E-state index contributed by atoms with van der Waals surface area (Å²) >= 11 is 5.88. The molecule has 0 fully saturated rings. The smallest absolute Gasteiger partial charge is 0.232 e. The number of pyridine rings is 1. The van der Waals surface area contributed by atoms with Crippen molar-refractivity contribution in [3.63, 3.8) is 0 Å². The molecule has 152 valence electrons. The summed E-state index contributed by atoms with van der Waals surface area (Å²) in [5, 5.41) is 10.4. The van der Waals surface area contributed by atoms with Gasteiger partial charge in [0.25, 0.3) is 0 Å². The average molecular weight is 413 g/mol. The van der Waals surface area contributed by atoms with Crippen molar-refractivity contribution in [3.8, 4) is 11.9 Å². The van der Waals surface area contributed by atoms with Crippen LogP contribution in [0.2, 0.25) is 5.02 Å². The van der Waals surface area contributed by atoms with Gasteiger partial charge in [0.1, 0.15) is 11.6 Å². The monoisotopic (exact) mass is 412 g/mol. The summed E-state index contributed by atoms with van der Waals surface area (Å²) in [4.78, 5) is 17.1. The highest BCUT2D eigenvalue weighted by Crippen LogP contribution is 2.35. The lowest BCUT2D eigenvalue weighted by atomic mass is 9.87. The fourth-order valence-electron chi connectivity index (χ4n) is 3.44. The molecule has 1 aliphatic rings. The minimum atomic E-state index is -0.370. The van der Waals surface area contributed by atoms with E-state index in [1.807, 2.05) is 13.8 Å². The van der Waals surface area contributed by atoms with Gasteiger partial charge in [0.05, 0.1) is 17.9 Å². The number of halogens is 1. The Labute approximate surface area is 176 Å². The summed E-state index contributed by atoms with van der Waals surface area (Å²) in [5.74, 6) is 0.416. The van der Waals surface area contributed by atoms with Crippen LogP contribution in [-0.2, 0) is 24.2 Å². The third-order valence-corrected chi connectivity index (χ3v) is 5.15. The first-order valence-electron chi connectivity index (χ1n) is 9.70. The van der Waals surface area contributed by atoms with Crippen molar-refractivity contribution in [2.24, 2.45) is 5.92 Å². The predicted octanol–water partition coefficient (Wildman–Crippen LogP) is 4.92. The van der Waals surface area contributed by atoms with E-state index in [0.717, 1.165) is 23.2 Å². The van der Waals surface area contributed by atoms with Crippen LogP contribution in [0.4, 0.5) is 0 Å². The van der Waals surface area contributed by atoms with E-state index in [4.69, 9.17) is 21.1 Å². The van der Waals surface area contributed by atoms with Crippen LogP contribution in [0, 0.1) is 17.2 Å². The Balaban J connectivity index is 1.94. The van der Waals surface area contributed by atoms with Crippen LogP contribution in [0.5, 0.6) is 5.88 Å². The molecular formula is C23H25ClN2O3. The largest absolute Gasteiger partial charge is 0.468 e. The fraction of sp³-hybridized carbons (Fsp3) is 0.435. The van der Waals surface area contributed by atoms with Crippen molar-refractivity contribution in [1.29, 1.82) is 5.26 Å². The lowest BCUT2D eigenvalue weighted by Crippen LogP contribution is -2.33. The topological polar surface area (TPSA) is 72.2 Å². The molecule has 0 bridgehead atoms. The highest BCUT2D eigenvalue weighted by molar-refractivity contribution is 6.30. The number of hydrogen-bond acceptors (Lipinski definition) is 5. The third-order valence-electron chi connectivity index (χ3n) is 4.89. The van der Waals surface area contributed by atoms with Gasteiger partial charge >= 0.3 is 0 Å². The average Bonchev–Trinajstić information content (AvgIpc) is 2.65. The maximum absolute atomic E-state index is 12.5. The van der Waals surface area contributed by atoms with Crippen molar-refractivity contribution in [3.05, 3.63) is 57.2 Å². The maximum Gasteiger partial charge on any atom is 0.232 e. The minimum absolute atomic E-state index is 0.191. The van der Waals surface area contributed by atoms with E-state index >= 15 is 0 Å². The first-order chi connectivity index (χ1) is 13.7. The number of carbonyl (C=O) groups is 1. The van der Waals surface area contributed by atoms with E-state index in [1.54, 1.807) is 24.3 Å². The van der Waals surface area contributed by atoms with Crippen LogP contribution in [0.3, 0.4) is 0 Å². The Morgan fingerprint density at radius 2 is 2.00 bits per heavy atom. The molecule has 0 N–H and O–H groups in total. The molecule has 1 aromatic heterocycles. The van der Waals surface area contributed by atoms with Gasteiger partial charge < -0.3 is 9.47 Å². The van der Waals surface area contributed by atoms with Crippen molar-refractivity contribution >= 4 is 17.4 Å². The molecule has 1 aromatic carbocycles. The molecule has 0 atom stereocenters. The molecule has 1 aliphatic heterocycles. The zero-order valence-corrected chi connectivity index (χ0v) is 18.0. The van der Waals surface area contributed by atoms with E-state index in [-0.39, 0.29) is 23.9 Å². The lowest BCUT2D eigenvalue weighted by molar-refractivity contribution is -0.0408. The van der Waals surface area contributed by atoms with Gasteiger partial charge in [-0.25, -0.2) is 4.98 Å². The third kappa shape index (κ3) is 4.95. The highest BCUT2D eigenvalue weighted by Gasteiger charge is 2.32. The SMILES string of the molecule is CC(C)Cc1nc(OCC(=O)c2ccc(Cl)cc2)c(C#N)c2c1COC(C)(C)C2. The zero-order chi connectivity index (χ0) is 21.2. The molecule has 29 heavy (non-hydrogen) atoms. The van der Waals surface area contributed by atoms with E-state index in [0.29, 0.717) is 35.1 Å². The molecule has 6 heteroatoms. The number of Topliss-reactive ketones (excluding diaryl/α,β-unsaturated/α-hetero) is 1. The summed E-state index contributed by atoms with van der Waals surface area (Å²) < 4.78 is 11.7. The van der Waals surface area contributed by atoms with Gasteiger partial charge in [-0.15, -0.1) is 0 Å². The molecule has 0 saturated heterocycles. The number of aromatic nitrogens is 1. The van der Waals surface area contributed by atoms with Crippen LogP contribution >= 0.6 is 11.6 Å². The second-order valence-electron chi connectivity index (χ2n) is 8.35. The Kier molecular flexibility index (Phi) is 6.26. The van der Waals surface area contributed by atoms with Gasteiger partial charge in [-0.2, -0.15) is 5.26 Å². The zero-order valence-electron chi connectivity index (χ0n) is 17.2. The number of rotatable bonds is 6. The van der Waals surface area contributed by atoms with Crippen LogP contribution in [0.25, 0.3) is 0 Å². The summed E-state index contributed by atoms with van der Waals surface area (Å²) in [6.07, 6.45) is 1.35. The molecule has 0 spiro atoms. The number of nitriles is 1. The Bertz CT molecular complexity index is 960. The molecule has 2 aromatic rings. The van der Waals surface area contributed by atoms with Crippen LogP contribution in [-0.4, -0.2) is 23.0 Å². The Hall–Kier alpha value is -2.42. The van der Waals surface area contributed by atoms with Crippen LogP contribution in [0.15, 0.2) is 24.3 Å². The molecule has 0 amide bonds. The fourth-order valence-corrected chi connectivity index (χ4v) is 3.56. The van der Waals surface area contributed by atoms with E-state index in [2.05, 4.69) is 24.9 Å². The van der Waals surface area contributed by atoms with Crippen LogP contribution in [0.1, 0.15) is 60.4 Å². The highest BCUT2D eigenvalue weighted by atomic mass is 35.5. The van der Waals surface area contributed by atoms with Crippen molar-refractivity contribution in [2.45, 2.75) is 52.7 Å². The molecule has 0 unspecified atom stereocenters. The Morgan fingerprint density at radius 1 is 1.31 bits per heavy atom. The van der Waals surface area contributed by atoms with Crippen molar-refractivity contribution in [1.82, 2.24) is 4.98 Å². The molecule has 3 rings (SSSR count). The van der Waals surface area contributed by atoms with Gasteiger partial charge in [-0.3, -0.25) is 4.79 Å². The van der Waals surface area contributed by atoms with Gasteiger partial charge in [0.15, 0.2) is 12.4 Å². The maximum atomic E-state index is 12.5. The second-order valence-corrected chi connectivity index (χ2v) is 8.79. The Morgan fingerprint density at radius 3 is 2.62 bits per heavy atom. The van der Waals surface area contributed by atoms with Gasteiger partial charge in [0.2, 0.25) is 5.88 Å². The van der Waals surface area contributed by atoms with Crippen LogP contribution < -0.4 is 4.74 Å². The molecular weight excluding hydrogens is 388 g/mol. The normalized spacial score (nSPS) is 14.9. The first-order valence-corrected chi connectivity index (χ1v) is 10.1. The molecule has 0 aliphatic carbocycles. The van der Waals surface area contributed by atoms with Gasteiger partial charge in [0, 0.05) is 22.6 Å². The number of carbonyl (C=O) groups excluding carboxylic acids is 1. The number of benzene rings is 1. The number of ether oxygens (including phenoxy) is 2. The van der Waals surface area contributed by atoms with Crippen molar-refractivity contribution in [2.75, 3.05) is 6.61 Å². The predicted molar refractivity (Wildman–Crippen MR) is 111 cm³/mol. The van der Waals surface area contributed by atoms with E-state index in [9.17, 15) is 10.1 Å². The second kappa shape index (κ2) is 8.52. The summed E-state index contributed by atoms with van der Waals surface area (Å²) in [6, 6.07) is 8.88. The van der Waals surface area contributed by atoms with Crippen molar-refractivity contribution < 1.29 is 14.3 Å². The standard InChI is InChI=1S/C23H25ClN2O3/c1-14(2)9-20-19-12-29-23(3,4)10-17(19)18(11-25)22(26-20)28-13-21(27)15-5-7-16(24)8-6-15/h5-8,14H,9-10,12-13H2,1-4H3. The molecule has 0 saturated carbocycles. The summed E-state index contributed by atoms with van der Waals surface area (Å²) in [6.45, 7) is 8.47. The molecule has 5 nitrogen and oxygen atoms in total. The quantitative estimate of drug-likeness (QED) is 0.630. The minimum Gasteiger partial charge on any atom is -0.468 e. The number of ketones is 1. The number of nitrogens with zero attached hydrogens (tertiary/aromatic N) is 2. The van der Waals surface area contributed by atoms with E-state index in [1.165, 1.54) is 0 Å². The first kappa shape index (κ1) is 21.3. The van der Waals surface area contributed by atoms with E-state index < -0.39 is 0 Å². The van der Waals surface area contributed by atoms with Gasteiger partial charge in [-0.05, 0) is 56.0 Å². The lowest BCUT2D eigenvalue weighted by Gasteiger charge is -2.33. The number of hydrogen-bond donors (Lipinski definition) is 0. The molecule has 2 heterocycles.